The van der Waals surface area contributed by atoms with Crippen LogP contribution in [0.25, 0.3) is 0 Å². The van der Waals surface area contributed by atoms with Crippen molar-refractivity contribution in [2.24, 2.45) is 11.8 Å². The Morgan fingerprint density at radius 2 is 1.65 bits per heavy atom. The number of ether oxygens (including phenoxy) is 2. The van der Waals surface area contributed by atoms with E-state index in [4.69, 9.17) is 9.47 Å². The predicted molar refractivity (Wildman–Crippen MR) is 132 cm³/mol. The molecule has 4 atom stereocenters. The smallest absolute Gasteiger partial charge is 0.142 e. The Labute approximate surface area is 202 Å². The van der Waals surface area contributed by atoms with E-state index in [1.165, 1.54) is 12.1 Å². The van der Waals surface area contributed by atoms with Gasteiger partial charge >= 0.3 is 0 Å². The van der Waals surface area contributed by atoms with Crippen LogP contribution in [-0.2, 0) is 4.74 Å². The molecular formula is C30H34F2O2. The lowest BCUT2D eigenvalue weighted by Crippen LogP contribution is -2.33. The molecule has 2 aliphatic carbocycles. The molecule has 0 heterocycles. The van der Waals surface area contributed by atoms with E-state index in [9.17, 15) is 8.78 Å². The number of halogens is 2. The average Bonchev–Trinajstić information content (AvgIpc) is 2.84. The van der Waals surface area contributed by atoms with Crippen LogP contribution >= 0.6 is 0 Å². The van der Waals surface area contributed by atoms with Crippen LogP contribution in [0.1, 0.15) is 75.0 Å². The van der Waals surface area contributed by atoms with E-state index in [0.29, 0.717) is 30.1 Å². The second-order valence-electron chi connectivity index (χ2n) is 9.43. The number of rotatable bonds is 6. The number of fused-ring (bicyclic) bond motifs is 1. The van der Waals surface area contributed by atoms with Crippen molar-refractivity contribution in [3.63, 3.8) is 0 Å². The van der Waals surface area contributed by atoms with Gasteiger partial charge in [-0.1, -0.05) is 24.0 Å². The van der Waals surface area contributed by atoms with Gasteiger partial charge in [-0.3, -0.25) is 0 Å². The summed E-state index contributed by atoms with van der Waals surface area (Å²) >= 11 is 0. The van der Waals surface area contributed by atoms with Crippen LogP contribution < -0.4 is 4.74 Å². The summed E-state index contributed by atoms with van der Waals surface area (Å²) in [6.07, 6.45) is 10.7. The van der Waals surface area contributed by atoms with Gasteiger partial charge in [0.15, 0.2) is 0 Å². The van der Waals surface area contributed by atoms with Crippen molar-refractivity contribution in [1.82, 2.24) is 0 Å². The van der Waals surface area contributed by atoms with Crippen molar-refractivity contribution >= 4 is 0 Å². The van der Waals surface area contributed by atoms with Gasteiger partial charge in [0.1, 0.15) is 24.0 Å². The largest absolute Gasteiger partial charge is 0.490 e. The van der Waals surface area contributed by atoms with Gasteiger partial charge in [0.25, 0.3) is 0 Å². The van der Waals surface area contributed by atoms with E-state index in [-0.39, 0.29) is 11.5 Å². The third-order valence-corrected chi connectivity index (χ3v) is 7.27. The van der Waals surface area contributed by atoms with Crippen LogP contribution in [0.2, 0.25) is 0 Å². The SMILES string of the molecule is C/C=C/COc1ccc(C#Cc2c(F)cc(C3CCC4CC(OCC)CCC4C3)cc2F)cc1. The van der Waals surface area contributed by atoms with Crippen LogP contribution in [0.3, 0.4) is 0 Å². The highest BCUT2D eigenvalue weighted by Gasteiger charge is 2.36. The minimum Gasteiger partial charge on any atom is -0.490 e. The van der Waals surface area contributed by atoms with Gasteiger partial charge in [0, 0.05) is 12.2 Å². The van der Waals surface area contributed by atoms with Gasteiger partial charge in [-0.05, 0) is 112 Å². The summed E-state index contributed by atoms with van der Waals surface area (Å²) < 4.78 is 41.2. The molecule has 0 saturated heterocycles. The average molecular weight is 465 g/mol. The molecular weight excluding hydrogens is 430 g/mol. The molecule has 180 valence electrons. The molecule has 0 radical (unpaired) electrons. The maximum absolute atomic E-state index is 14.9. The van der Waals surface area contributed by atoms with Crippen molar-refractivity contribution < 1.29 is 18.3 Å². The standard InChI is InChI=1S/C30H34F2O2/c1-3-5-16-34-26-12-6-21(7-13-26)8-15-28-29(31)19-25(20-30(28)32)23-9-10-24-18-27(33-4-2)14-11-22(24)17-23/h3,5-7,12-13,19-20,22-24,27H,4,9-11,14,16-18H2,1-2H3/b5-3+. The maximum atomic E-state index is 14.9. The molecule has 34 heavy (non-hydrogen) atoms. The summed E-state index contributed by atoms with van der Waals surface area (Å²) in [6.45, 7) is 5.26. The van der Waals surface area contributed by atoms with Crippen LogP contribution in [0, 0.1) is 35.3 Å². The Morgan fingerprint density at radius 3 is 2.35 bits per heavy atom. The highest BCUT2D eigenvalue weighted by Crippen LogP contribution is 2.46. The quantitative estimate of drug-likeness (QED) is 0.327. The van der Waals surface area contributed by atoms with Gasteiger partial charge in [-0.15, -0.1) is 0 Å². The van der Waals surface area contributed by atoms with E-state index in [0.717, 1.165) is 56.4 Å². The van der Waals surface area contributed by atoms with E-state index < -0.39 is 11.6 Å². The highest BCUT2D eigenvalue weighted by atomic mass is 19.1. The van der Waals surface area contributed by atoms with Gasteiger partial charge in [0.2, 0.25) is 0 Å². The monoisotopic (exact) mass is 464 g/mol. The third kappa shape index (κ3) is 6.07. The first-order valence-corrected chi connectivity index (χ1v) is 12.5. The van der Waals surface area contributed by atoms with E-state index in [1.807, 2.05) is 31.2 Å². The normalized spacial score (nSPS) is 24.4. The molecule has 2 fully saturated rings. The Kier molecular flexibility index (Phi) is 8.40. The molecule has 2 aromatic carbocycles. The second-order valence-corrected chi connectivity index (χ2v) is 9.43. The predicted octanol–water partition coefficient (Wildman–Crippen LogP) is 7.41. The molecule has 0 aliphatic heterocycles. The van der Waals surface area contributed by atoms with Gasteiger partial charge < -0.3 is 9.47 Å². The lowest BCUT2D eigenvalue weighted by molar-refractivity contribution is -0.00957. The summed E-state index contributed by atoms with van der Waals surface area (Å²) in [4.78, 5) is 0. The Bertz CT molecular complexity index is 1020. The summed E-state index contributed by atoms with van der Waals surface area (Å²) in [5.74, 6) is 6.68. The zero-order valence-electron chi connectivity index (χ0n) is 20.2. The number of benzene rings is 2. The molecule has 2 aliphatic rings. The number of allylic oxidation sites excluding steroid dienone is 1. The topological polar surface area (TPSA) is 18.5 Å². The van der Waals surface area contributed by atoms with Crippen LogP contribution in [0.15, 0.2) is 48.6 Å². The summed E-state index contributed by atoms with van der Waals surface area (Å²) in [5, 5.41) is 0. The van der Waals surface area contributed by atoms with Crippen molar-refractivity contribution in [3.05, 3.63) is 76.9 Å². The molecule has 0 spiro atoms. The zero-order valence-corrected chi connectivity index (χ0v) is 20.2. The lowest BCUT2D eigenvalue weighted by Gasteiger charge is -2.42. The van der Waals surface area contributed by atoms with E-state index in [2.05, 4.69) is 18.8 Å². The van der Waals surface area contributed by atoms with Crippen LogP contribution in [0.5, 0.6) is 5.75 Å². The van der Waals surface area contributed by atoms with E-state index >= 15 is 0 Å². The maximum Gasteiger partial charge on any atom is 0.142 e. The molecule has 2 nitrogen and oxygen atoms in total. The first-order chi connectivity index (χ1) is 16.6. The minimum atomic E-state index is -0.573. The van der Waals surface area contributed by atoms with Crippen molar-refractivity contribution in [3.8, 4) is 17.6 Å². The van der Waals surface area contributed by atoms with E-state index in [1.54, 1.807) is 12.1 Å². The molecule has 0 N–H and O–H groups in total. The molecule has 4 unspecified atom stereocenters. The second kappa shape index (κ2) is 11.7. The highest BCUT2D eigenvalue weighted by molar-refractivity contribution is 5.46. The summed E-state index contributed by atoms with van der Waals surface area (Å²) in [7, 11) is 0. The third-order valence-electron chi connectivity index (χ3n) is 7.27. The van der Waals surface area contributed by atoms with Crippen molar-refractivity contribution in [1.29, 1.82) is 0 Å². The first-order valence-electron chi connectivity index (χ1n) is 12.5. The zero-order chi connectivity index (χ0) is 23.9. The minimum absolute atomic E-state index is 0.164. The Balaban J connectivity index is 1.41. The molecule has 0 bridgehead atoms. The fraction of sp³-hybridized carbons (Fsp3) is 0.467. The van der Waals surface area contributed by atoms with Gasteiger partial charge in [-0.2, -0.15) is 0 Å². The van der Waals surface area contributed by atoms with Crippen LogP contribution in [0.4, 0.5) is 8.78 Å². The molecule has 0 amide bonds. The van der Waals surface area contributed by atoms with Gasteiger partial charge in [-0.25, -0.2) is 8.78 Å². The van der Waals surface area contributed by atoms with Gasteiger partial charge in [0.05, 0.1) is 11.7 Å². The molecule has 4 rings (SSSR count). The van der Waals surface area contributed by atoms with Crippen molar-refractivity contribution in [2.75, 3.05) is 13.2 Å². The molecule has 0 aromatic heterocycles. The van der Waals surface area contributed by atoms with Crippen molar-refractivity contribution in [2.45, 2.75) is 64.4 Å². The fourth-order valence-electron chi connectivity index (χ4n) is 5.49. The lowest BCUT2D eigenvalue weighted by atomic mass is 9.65. The summed E-state index contributed by atoms with van der Waals surface area (Å²) in [6, 6.07) is 10.2. The molecule has 2 saturated carbocycles. The fourth-order valence-corrected chi connectivity index (χ4v) is 5.49. The van der Waals surface area contributed by atoms with Crippen LogP contribution in [-0.4, -0.2) is 19.3 Å². The first kappa shape index (κ1) is 24.5. The number of hydrogen-bond acceptors (Lipinski definition) is 2. The molecule has 2 aromatic rings. The number of hydrogen-bond donors (Lipinski definition) is 0. The molecule has 4 heteroatoms. The summed E-state index contributed by atoms with van der Waals surface area (Å²) in [5.41, 5.74) is 1.29. The Hall–Kier alpha value is -2.64. The Morgan fingerprint density at radius 1 is 0.941 bits per heavy atom.